The molecule has 6 nitrogen and oxygen atoms in total. The molecule has 1 N–H and O–H groups in total. The number of carbonyl (C=O) groups is 1. The second kappa shape index (κ2) is 8.28. The Morgan fingerprint density at radius 2 is 1.39 bits per heavy atom. The van der Waals surface area contributed by atoms with Crippen LogP contribution < -0.4 is 5.32 Å². The Bertz CT molecular complexity index is 1050. The molecule has 0 bridgehead atoms. The van der Waals surface area contributed by atoms with Crippen LogP contribution in [0.1, 0.15) is 40.1 Å². The van der Waals surface area contributed by atoms with Crippen molar-refractivity contribution in [3.05, 3.63) is 71.4 Å². The average Bonchev–Trinajstić information content (AvgIpc) is 2.72. The van der Waals surface area contributed by atoms with Crippen molar-refractivity contribution in [1.29, 1.82) is 0 Å². The van der Waals surface area contributed by atoms with Gasteiger partial charge in [-0.3, -0.25) is 9.78 Å². The number of halogens is 6. The molecule has 1 amide bonds. The van der Waals surface area contributed by atoms with Gasteiger partial charge in [-0.2, -0.15) is 26.3 Å². The molecule has 162 valence electrons. The quantitative estimate of drug-likeness (QED) is 0.605. The number of nitrogens with one attached hydrogen (secondary N) is 1. The first-order valence-electron chi connectivity index (χ1n) is 8.65. The molecule has 1 aromatic carbocycles. The SMILES string of the molecule is CC(NC(=O)c1cc(C(F)(F)F)cc(C(F)(F)F)c1)c1nccnc1-c1ncccn1. The lowest BCUT2D eigenvalue weighted by Crippen LogP contribution is -2.28. The molecule has 1 unspecified atom stereocenters. The average molecular weight is 441 g/mol. The highest BCUT2D eigenvalue weighted by atomic mass is 19.4. The number of carbonyl (C=O) groups excluding carboxylic acids is 1. The minimum Gasteiger partial charge on any atom is -0.344 e. The number of hydrogen-bond donors (Lipinski definition) is 1. The molecule has 0 aliphatic carbocycles. The zero-order valence-corrected chi connectivity index (χ0v) is 15.7. The monoisotopic (exact) mass is 441 g/mol. The standard InChI is InChI=1S/C19H13F6N5O/c1-10(14-15(27-6-5-26-14)16-28-3-2-4-29-16)30-17(31)11-7-12(18(20,21)22)9-13(8-11)19(23,24)25/h2-10H,1H3,(H,30,31). The zero-order valence-electron chi connectivity index (χ0n) is 15.7. The van der Waals surface area contributed by atoms with Crippen molar-refractivity contribution >= 4 is 5.91 Å². The van der Waals surface area contributed by atoms with Crippen LogP contribution in [0.15, 0.2) is 49.1 Å². The van der Waals surface area contributed by atoms with E-state index in [0.717, 1.165) is 0 Å². The zero-order chi connectivity index (χ0) is 22.8. The van der Waals surface area contributed by atoms with E-state index in [1.807, 2.05) is 0 Å². The van der Waals surface area contributed by atoms with Gasteiger partial charge >= 0.3 is 12.4 Å². The minimum absolute atomic E-state index is 0.0479. The van der Waals surface area contributed by atoms with E-state index in [0.29, 0.717) is 12.1 Å². The first kappa shape index (κ1) is 22.1. The van der Waals surface area contributed by atoms with Gasteiger partial charge < -0.3 is 5.32 Å². The third kappa shape index (κ3) is 5.13. The van der Waals surface area contributed by atoms with Crippen LogP contribution in [0.25, 0.3) is 11.5 Å². The van der Waals surface area contributed by atoms with Gasteiger partial charge in [-0.05, 0) is 31.2 Å². The van der Waals surface area contributed by atoms with E-state index >= 15 is 0 Å². The number of alkyl halides is 6. The van der Waals surface area contributed by atoms with Crippen LogP contribution in [0, 0.1) is 0 Å². The summed E-state index contributed by atoms with van der Waals surface area (Å²) in [5.74, 6) is -0.959. The molecule has 12 heteroatoms. The van der Waals surface area contributed by atoms with Gasteiger partial charge in [0, 0.05) is 30.4 Å². The predicted octanol–water partition coefficient (Wildman–Crippen LogP) is 4.46. The van der Waals surface area contributed by atoms with Crippen molar-refractivity contribution in [1.82, 2.24) is 25.3 Å². The molecule has 0 aliphatic heterocycles. The molecule has 3 rings (SSSR count). The predicted molar refractivity (Wildman–Crippen MR) is 95.4 cm³/mol. The first-order chi connectivity index (χ1) is 14.5. The van der Waals surface area contributed by atoms with Crippen LogP contribution in [0.4, 0.5) is 26.3 Å². The van der Waals surface area contributed by atoms with Gasteiger partial charge in [-0.25, -0.2) is 15.0 Å². The maximum atomic E-state index is 13.0. The maximum absolute atomic E-state index is 13.0. The van der Waals surface area contributed by atoms with E-state index in [1.54, 1.807) is 6.07 Å². The smallest absolute Gasteiger partial charge is 0.344 e. The van der Waals surface area contributed by atoms with E-state index in [2.05, 4.69) is 25.3 Å². The molecule has 2 heterocycles. The molecule has 1 atom stereocenters. The number of aromatic nitrogens is 4. The summed E-state index contributed by atoms with van der Waals surface area (Å²) in [6.07, 6.45) is -4.56. The van der Waals surface area contributed by atoms with Gasteiger partial charge in [-0.15, -0.1) is 0 Å². The minimum atomic E-state index is -5.06. The third-order valence-corrected chi connectivity index (χ3v) is 4.11. The normalized spacial score (nSPS) is 13.0. The summed E-state index contributed by atoms with van der Waals surface area (Å²) >= 11 is 0. The van der Waals surface area contributed by atoms with Gasteiger partial charge in [0.05, 0.1) is 22.9 Å². The van der Waals surface area contributed by atoms with Crippen molar-refractivity contribution < 1.29 is 31.1 Å². The summed E-state index contributed by atoms with van der Waals surface area (Å²) < 4.78 is 78.2. The topological polar surface area (TPSA) is 80.7 Å². The van der Waals surface area contributed by atoms with Crippen molar-refractivity contribution in [2.75, 3.05) is 0 Å². The van der Waals surface area contributed by atoms with E-state index in [-0.39, 0.29) is 23.3 Å². The summed E-state index contributed by atoms with van der Waals surface area (Å²) in [6, 6.07) is 1.30. The Hall–Kier alpha value is -3.57. The summed E-state index contributed by atoms with van der Waals surface area (Å²) in [6.45, 7) is 1.45. The number of benzene rings is 1. The Kier molecular flexibility index (Phi) is 5.91. The summed E-state index contributed by atoms with van der Waals surface area (Å²) in [5.41, 5.74) is -3.58. The van der Waals surface area contributed by atoms with Gasteiger partial charge in [0.15, 0.2) is 5.82 Å². The van der Waals surface area contributed by atoms with Crippen LogP contribution in [0.3, 0.4) is 0 Å². The van der Waals surface area contributed by atoms with E-state index in [4.69, 9.17) is 0 Å². The summed E-state index contributed by atoms with van der Waals surface area (Å²) in [5, 5.41) is 2.35. The van der Waals surface area contributed by atoms with Crippen molar-refractivity contribution in [3.63, 3.8) is 0 Å². The highest BCUT2D eigenvalue weighted by Crippen LogP contribution is 2.36. The van der Waals surface area contributed by atoms with Crippen LogP contribution in [0.2, 0.25) is 0 Å². The van der Waals surface area contributed by atoms with Gasteiger partial charge in [0.25, 0.3) is 5.91 Å². The lowest BCUT2D eigenvalue weighted by atomic mass is 10.0. The van der Waals surface area contributed by atoms with E-state index in [9.17, 15) is 31.1 Å². The van der Waals surface area contributed by atoms with Crippen molar-refractivity contribution in [3.8, 4) is 11.5 Å². The Morgan fingerprint density at radius 3 is 1.94 bits per heavy atom. The number of nitrogens with zero attached hydrogens (tertiary/aromatic N) is 4. The highest BCUT2D eigenvalue weighted by molar-refractivity contribution is 5.95. The van der Waals surface area contributed by atoms with Gasteiger partial charge in [-0.1, -0.05) is 0 Å². The lowest BCUT2D eigenvalue weighted by molar-refractivity contribution is -0.143. The Labute approximate surface area is 171 Å². The van der Waals surface area contributed by atoms with E-state index in [1.165, 1.54) is 31.7 Å². The second-order valence-corrected chi connectivity index (χ2v) is 6.35. The van der Waals surface area contributed by atoms with Gasteiger partial charge in [0.1, 0.15) is 5.69 Å². The maximum Gasteiger partial charge on any atom is 0.416 e. The van der Waals surface area contributed by atoms with E-state index < -0.39 is 41.0 Å². The molecule has 0 saturated carbocycles. The number of rotatable bonds is 4. The molecule has 0 fully saturated rings. The Balaban J connectivity index is 1.94. The summed E-state index contributed by atoms with van der Waals surface area (Å²) in [7, 11) is 0. The largest absolute Gasteiger partial charge is 0.416 e. The number of hydrogen-bond acceptors (Lipinski definition) is 5. The molecule has 0 radical (unpaired) electrons. The molecule has 3 aromatic rings. The van der Waals surface area contributed by atoms with Crippen molar-refractivity contribution in [2.45, 2.75) is 25.3 Å². The molecule has 0 aliphatic rings. The fraction of sp³-hybridized carbons (Fsp3) is 0.211. The fourth-order valence-corrected chi connectivity index (χ4v) is 2.69. The first-order valence-corrected chi connectivity index (χ1v) is 8.65. The molecule has 0 saturated heterocycles. The van der Waals surface area contributed by atoms with Crippen LogP contribution in [0.5, 0.6) is 0 Å². The molecule has 31 heavy (non-hydrogen) atoms. The third-order valence-electron chi connectivity index (χ3n) is 4.11. The Morgan fingerprint density at radius 1 is 0.839 bits per heavy atom. The highest BCUT2D eigenvalue weighted by Gasteiger charge is 2.37. The summed E-state index contributed by atoms with van der Waals surface area (Å²) in [4.78, 5) is 28.8. The van der Waals surface area contributed by atoms with Gasteiger partial charge in [0.2, 0.25) is 0 Å². The van der Waals surface area contributed by atoms with Crippen molar-refractivity contribution in [2.24, 2.45) is 0 Å². The van der Waals surface area contributed by atoms with Crippen LogP contribution in [-0.2, 0) is 12.4 Å². The molecular weight excluding hydrogens is 428 g/mol. The molecule has 0 spiro atoms. The van der Waals surface area contributed by atoms with Crippen LogP contribution >= 0.6 is 0 Å². The number of amides is 1. The molecule has 2 aromatic heterocycles. The second-order valence-electron chi connectivity index (χ2n) is 6.35. The molecular formula is C19H13F6N5O. The fourth-order valence-electron chi connectivity index (χ4n) is 2.69. The lowest BCUT2D eigenvalue weighted by Gasteiger charge is -2.17. The van der Waals surface area contributed by atoms with Crippen LogP contribution in [-0.4, -0.2) is 25.8 Å².